The van der Waals surface area contributed by atoms with Gasteiger partial charge in [0, 0.05) is 18.8 Å². The van der Waals surface area contributed by atoms with Crippen LogP contribution in [-0.4, -0.2) is 9.55 Å². The summed E-state index contributed by atoms with van der Waals surface area (Å²) in [6, 6.07) is 0.691. The molecule has 0 aliphatic heterocycles. The molecular formula is C9H15N3. The van der Waals surface area contributed by atoms with E-state index in [2.05, 4.69) is 16.5 Å². The van der Waals surface area contributed by atoms with E-state index in [4.69, 9.17) is 5.73 Å². The number of imidazole rings is 1. The lowest BCUT2D eigenvalue weighted by atomic mass is 10.3. The molecule has 1 aliphatic rings. The zero-order chi connectivity index (χ0) is 8.55. The van der Waals surface area contributed by atoms with Crippen molar-refractivity contribution in [2.45, 2.75) is 32.4 Å². The third kappa shape index (κ3) is 1.14. The summed E-state index contributed by atoms with van der Waals surface area (Å²) in [5.41, 5.74) is 6.75. The Hall–Kier alpha value is -0.830. The van der Waals surface area contributed by atoms with Gasteiger partial charge in [-0.2, -0.15) is 0 Å². The first-order chi connectivity index (χ1) is 5.86. The van der Waals surface area contributed by atoms with Gasteiger partial charge in [-0.25, -0.2) is 4.98 Å². The number of rotatable bonds is 3. The van der Waals surface area contributed by atoms with Crippen LogP contribution in [-0.2, 0) is 6.54 Å². The average Bonchev–Trinajstić information content (AvgIpc) is 2.74. The molecule has 2 unspecified atom stereocenters. The summed E-state index contributed by atoms with van der Waals surface area (Å²) in [6.07, 6.45) is 6.35. The minimum atomic E-state index is 0.604. The summed E-state index contributed by atoms with van der Waals surface area (Å²) in [5.74, 6) is 0.865. The molecule has 2 rings (SSSR count). The number of nitrogens with two attached hydrogens (primary N) is 1. The molecule has 2 N–H and O–H groups in total. The summed E-state index contributed by atoms with van der Waals surface area (Å²) in [7, 11) is 0. The second kappa shape index (κ2) is 2.90. The fourth-order valence-electron chi connectivity index (χ4n) is 1.80. The minimum Gasteiger partial charge on any atom is -0.330 e. The van der Waals surface area contributed by atoms with E-state index in [1.54, 1.807) is 0 Å². The van der Waals surface area contributed by atoms with Crippen LogP contribution in [0, 0.1) is 5.92 Å². The van der Waals surface area contributed by atoms with Crippen LogP contribution < -0.4 is 5.73 Å². The fourth-order valence-corrected chi connectivity index (χ4v) is 1.80. The quantitative estimate of drug-likeness (QED) is 0.734. The van der Waals surface area contributed by atoms with Crippen molar-refractivity contribution in [1.82, 2.24) is 9.55 Å². The molecule has 1 saturated carbocycles. The van der Waals surface area contributed by atoms with Crippen molar-refractivity contribution < 1.29 is 0 Å². The van der Waals surface area contributed by atoms with E-state index in [0.29, 0.717) is 12.6 Å². The van der Waals surface area contributed by atoms with Crippen molar-refractivity contribution in [2.75, 3.05) is 0 Å². The Morgan fingerprint density at radius 1 is 1.75 bits per heavy atom. The lowest BCUT2D eigenvalue weighted by Crippen LogP contribution is -2.05. The summed E-state index contributed by atoms with van der Waals surface area (Å²) >= 11 is 0. The first-order valence-electron chi connectivity index (χ1n) is 4.57. The number of nitrogens with zero attached hydrogens (tertiary/aromatic N) is 2. The Morgan fingerprint density at radius 2 is 2.58 bits per heavy atom. The normalized spacial score (nSPS) is 27.5. The predicted molar refractivity (Wildman–Crippen MR) is 47.6 cm³/mol. The Morgan fingerprint density at radius 3 is 3.17 bits per heavy atom. The Balaban J connectivity index is 2.13. The molecule has 3 nitrogen and oxygen atoms in total. The van der Waals surface area contributed by atoms with E-state index < -0.39 is 0 Å². The molecule has 0 spiro atoms. The number of hydrogen-bond acceptors (Lipinski definition) is 2. The first-order valence-corrected chi connectivity index (χ1v) is 4.57. The minimum absolute atomic E-state index is 0.604. The van der Waals surface area contributed by atoms with E-state index in [-0.39, 0.29) is 0 Å². The van der Waals surface area contributed by atoms with Gasteiger partial charge in [0.1, 0.15) is 0 Å². The van der Waals surface area contributed by atoms with Gasteiger partial charge in [0.05, 0.1) is 12.0 Å². The molecule has 1 aliphatic carbocycles. The largest absolute Gasteiger partial charge is 0.330 e. The Kier molecular flexibility index (Phi) is 1.89. The molecule has 1 aromatic rings. The Bertz CT molecular complexity index is 266. The summed E-state index contributed by atoms with van der Waals surface area (Å²) in [5, 5.41) is 0. The van der Waals surface area contributed by atoms with Crippen LogP contribution in [0.2, 0.25) is 0 Å². The highest BCUT2D eigenvalue weighted by molar-refractivity contribution is 5.05. The van der Waals surface area contributed by atoms with E-state index >= 15 is 0 Å². The maximum Gasteiger partial charge on any atom is 0.0951 e. The highest BCUT2D eigenvalue weighted by Gasteiger charge is 2.37. The smallest absolute Gasteiger partial charge is 0.0951 e. The van der Waals surface area contributed by atoms with Crippen LogP contribution in [0.1, 0.15) is 31.5 Å². The molecule has 0 radical (unpaired) electrons. The molecule has 0 amide bonds. The summed E-state index contributed by atoms with van der Waals surface area (Å²) < 4.78 is 2.23. The standard InChI is InChI=1S/C9H15N3/c1-2-7-3-9(7)12-6-11-5-8(12)4-10/h5-7,9H,2-4,10H2,1H3. The second-order valence-electron chi connectivity index (χ2n) is 3.47. The van der Waals surface area contributed by atoms with Crippen molar-refractivity contribution in [3.63, 3.8) is 0 Å². The molecule has 1 fully saturated rings. The predicted octanol–water partition coefficient (Wildman–Crippen LogP) is 1.31. The third-order valence-corrected chi connectivity index (χ3v) is 2.72. The van der Waals surface area contributed by atoms with Gasteiger partial charge in [-0.05, 0) is 12.3 Å². The lowest BCUT2D eigenvalue weighted by Gasteiger charge is -2.04. The molecule has 1 heterocycles. The van der Waals surface area contributed by atoms with Crippen molar-refractivity contribution in [3.05, 3.63) is 18.2 Å². The highest BCUT2D eigenvalue weighted by atomic mass is 15.1. The maximum absolute atomic E-state index is 5.59. The van der Waals surface area contributed by atoms with E-state index in [0.717, 1.165) is 11.6 Å². The lowest BCUT2D eigenvalue weighted by molar-refractivity contribution is 0.617. The van der Waals surface area contributed by atoms with Gasteiger partial charge in [0.2, 0.25) is 0 Å². The fraction of sp³-hybridized carbons (Fsp3) is 0.667. The van der Waals surface area contributed by atoms with Crippen LogP contribution in [0.4, 0.5) is 0 Å². The van der Waals surface area contributed by atoms with Crippen molar-refractivity contribution in [3.8, 4) is 0 Å². The van der Waals surface area contributed by atoms with Gasteiger partial charge in [-0.15, -0.1) is 0 Å². The van der Waals surface area contributed by atoms with E-state index in [1.807, 2.05) is 12.5 Å². The van der Waals surface area contributed by atoms with Crippen molar-refractivity contribution >= 4 is 0 Å². The first kappa shape index (κ1) is 7.80. The molecule has 66 valence electrons. The average molecular weight is 165 g/mol. The monoisotopic (exact) mass is 165 g/mol. The van der Waals surface area contributed by atoms with Gasteiger partial charge in [-0.3, -0.25) is 0 Å². The van der Waals surface area contributed by atoms with Crippen molar-refractivity contribution in [2.24, 2.45) is 11.7 Å². The molecular weight excluding hydrogens is 150 g/mol. The SMILES string of the molecule is CCC1CC1n1cncc1CN. The van der Waals surface area contributed by atoms with Gasteiger partial charge >= 0.3 is 0 Å². The molecule has 12 heavy (non-hydrogen) atoms. The second-order valence-corrected chi connectivity index (χ2v) is 3.47. The van der Waals surface area contributed by atoms with Gasteiger partial charge in [0.15, 0.2) is 0 Å². The maximum atomic E-state index is 5.59. The zero-order valence-electron chi connectivity index (χ0n) is 7.40. The molecule has 3 heteroatoms. The van der Waals surface area contributed by atoms with Gasteiger partial charge in [0.25, 0.3) is 0 Å². The van der Waals surface area contributed by atoms with Crippen LogP contribution in [0.25, 0.3) is 0 Å². The van der Waals surface area contributed by atoms with Crippen LogP contribution in [0.15, 0.2) is 12.5 Å². The molecule has 0 saturated heterocycles. The van der Waals surface area contributed by atoms with Crippen LogP contribution in [0.5, 0.6) is 0 Å². The van der Waals surface area contributed by atoms with E-state index in [1.165, 1.54) is 12.8 Å². The van der Waals surface area contributed by atoms with E-state index in [9.17, 15) is 0 Å². The molecule has 0 bridgehead atoms. The number of aromatic nitrogens is 2. The number of hydrogen-bond donors (Lipinski definition) is 1. The van der Waals surface area contributed by atoms with Crippen molar-refractivity contribution in [1.29, 1.82) is 0 Å². The molecule has 2 atom stereocenters. The molecule has 0 aromatic carbocycles. The Labute approximate surface area is 72.6 Å². The van der Waals surface area contributed by atoms with Crippen LogP contribution >= 0.6 is 0 Å². The molecule has 1 aromatic heterocycles. The third-order valence-electron chi connectivity index (χ3n) is 2.72. The summed E-state index contributed by atoms with van der Waals surface area (Å²) in [4.78, 5) is 4.11. The highest BCUT2D eigenvalue weighted by Crippen LogP contribution is 2.45. The van der Waals surface area contributed by atoms with Gasteiger partial charge < -0.3 is 10.3 Å². The zero-order valence-corrected chi connectivity index (χ0v) is 7.40. The van der Waals surface area contributed by atoms with Gasteiger partial charge in [-0.1, -0.05) is 13.3 Å². The summed E-state index contributed by atoms with van der Waals surface area (Å²) in [6.45, 7) is 2.84. The topological polar surface area (TPSA) is 43.8 Å². The van der Waals surface area contributed by atoms with Crippen LogP contribution in [0.3, 0.4) is 0 Å².